The number of aromatic nitrogens is 2. The lowest BCUT2D eigenvalue weighted by atomic mass is 10.1. The van der Waals surface area contributed by atoms with Crippen molar-refractivity contribution in [2.75, 3.05) is 0 Å². The summed E-state index contributed by atoms with van der Waals surface area (Å²) in [5.74, 6) is 0.681. The fraction of sp³-hybridized carbons (Fsp3) is 0.462. The van der Waals surface area contributed by atoms with Crippen LogP contribution in [0.2, 0.25) is 0 Å². The van der Waals surface area contributed by atoms with Crippen LogP contribution in [-0.4, -0.2) is 9.55 Å². The minimum absolute atomic E-state index is 0.441. The molecule has 2 nitrogen and oxygen atoms in total. The predicted molar refractivity (Wildman–Crippen MR) is 84.0 cm³/mol. The molecule has 0 bridgehead atoms. The highest BCUT2D eigenvalue weighted by Gasteiger charge is 2.12. The summed E-state index contributed by atoms with van der Waals surface area (Å²) in [5.41, 5.74) is 2.35. The predicted octanol–water partition coefficient (Wildman–Crippen LogP) is 4.91. The average molecular weight is 360 g/mol. The molecular formula is C13H17IN2S. The van der Waals surface area contributed by atoms with Crippen LogP contribution in [0.25, 0.3) is 11.0 Å². The van der Waals surface area contributed by atoms with Crippen molar-refractivity contribution in [1.82, 2.24) is 9.55 Å². The number of benzene rings is 1. The van der Waals surface area contributed by atoms with Gasteiger partial charge in [-0.25, -0.2) is 0 Å². The molecule has 1 unspecified atom stereocenters. The Balaban J connectivity index is 2.53. The Kier molecular flexibility index (Phi) is 3.92. The molecule has 1 heterocycles. The lowest BCUT2D eigenvalue weighted by Crippen LogP contribution is -2.08. The fourth-order valence-corrected chi connectivity index (χ4v) is 3.21. The standard InChI is InChI=1S/C13H17IN2S/c1-8(2)6-9(3)16-12-5-4-10(14)7-11(12)15-13(16)17/h4-5,7-9H,6H2,1-3H3,(H,15,17). The van der Waals surface area contributed by atoms with Crippen molar-refractivity contribution in [1.29, 1.82) is 0 Å². The third kappa shape index (κ3) is 2.73. The molecule has 0 amide bonds. The van der Waals surface area contributed by atoms with Crippen LogP contribution in [0.1, 0.15) is 33.2 Å². The van der Waals surface area contributed by atoms with Gasteiger partial charge in [0.25, 0.3) is 0 Å². The molecule has 0 aliphatic rings. The van der Waals surface area contributed by atoms with E-state index in [0.29, 0.717) is 12.0 Å². The average Bonchev–Trinajstić information content (AvgIpc) is 2.51. The van der Waals surface area contributed by atoms with Gasteiger partial charge in [0, 0.05) is 9.61 Å². The third-order valence-corrected chi connectivity index (χ3v) is 3.90. The topological polar surface area (TPSA) is 20.7 Å². The molecule has 92 valence electrons. The van der Waals surface area contributed by atoms with Gasteiger partial charge in [-0.1, -0.05) is 13.8 Å². The first kappa shape index (κ1) is 13.1. The summed E-state index contributed by atoms with van der Waals surface area (Å²) in [6.45, 7) is 6.73. The van der Waals surface area contributed by atoms with E-state index in [0.717, 1.165) is 16.7 Å². The molecule has 0 aliphatic heterocycles. The van der Waals surface area contributed by atoms with Crippen LogP contribution in [0.4, 0.5) is 0 Å². The largest absolute Gasteiger partial charge is 0.331 e. The van der Waals surface area contributed by atoms with Gasteiger partial charge in [0.1, 0.15) is 0 Å². The number of fused-ring (bicyclic) bond motifs is 1. The van der Waals surface area contributed by atoms with Crippen molar-refractivity contribution in [2.24, 2.45) is 5.92 Å². The highest BCUT2D eigenvalue weighted by Crippen LogP contribution is 2.24. The Hall–Kier alpha value is -0.360. The van der Waals surface area contributed by atoms with Crippen LogP contribution in [0, 0.1) is 14.3 Å². The maximum atomic E-state index is 5.43. The molecule has 4 heteroatoms. The molecule has 0 fully saturated rings. The first-order valence-electron chi connectivity index (χ1n) is 5.89. The highest BCUT2D eigenvalue weighted by atomic mass is 127. The van der Waals surface area contributed by atoms with Crippen molar-refractivity contribution in [3.8, 4) is 0 Å². The lowest BCUT2D eigenvalue weighted by Gasteiger charge is -2.16. The van der Waals surface area contributed by atoms with Crippen molar-refractivity contribution in [2.45, 2.75) is 33.2 Å². The third-order valence-electron chi connectivity index (χ3n) is 2.93. The number of hydrogen-bond acceptors (Lipinski definition) is 1. The number of halogens is 1. The molecule has 0 saturated heterocycles. The molecule has 2 rings (SSSR count). The van der Waals surface area contributed by atoms with Gasteiger partial charge in [-0.15, -0.1) is 0 Å². The van der Waals surface area contributed by atoms with E-state index in [1.54, 1.807) is 0 Å². The van der Waals surface area contributed by atoms with Crippen LogP contribution in [0.5, 0.6) is 0 Å². The summed E-state index contributed by atoms with van der Waals surface area (Å²) in [5, 5.41) is 0. The Morgan fingerprint density at radius 3 is 2.71 bits per heavy atom. The summed E-state index contributed by atoms with van der Waals surface area (Å²) < 4.78 is 4.30. The quantitative estimate of drug-likeness (QED) is 0.609. The van der Waals surface area contributed by atoms with Crippen LogP contribution >= 0.6 is 34.8 Å². The normalized spacial score (nSPS) is 13.5. The van der Waals surface area contributed by atoms with Gasteiger partial charge >= 0.3 is 0 Å². The number of hydrogen-bond donors (Lipinski definition) is 1. The van der Waals surface area contributed by atoms with E-state index >= 15 is 0 Å². The van der Waals surface area contributed by atoms with Crippen molar-refractivity contribution < 1.29 is 0 Å². The Morgan fingerprint density at radius 1 is 1.35 bits per heavy atom. The van der Waals surface area contributed by atoms with E-state index < -0.39 is 0 Å². The summed E-state index contributed by atoms with van der Waals surface area (Å²) in [7, 11) is 0. The minimum Gasteiger partial charge on any atom is -0.331 e. The molecule has 17 heavy (non-hydrogen) atoms. The smallest absolute Gasteiger partial charge is 0.178 e. The maximum Gasteiger partial charge on any atom is 0.178 e. The number of aromatic amines is 1. The van der Waals surface area contributed by atoms with E-state index in [-0.39, 0.29) is 0 Å². The van der Waals surface area contributed by atoms with Crippen molar-refractivity contribution in [3.05, 3.63) is 26.5 Å². The van der Waals surface area contributed by atoms with E-state index in [2.05, 4.69) is 71.1 Å². The zero-order valence-electron chi connectivity index (χ0n) is 10.3. The first-order valence-corrected chi connectivity index (χ1v) is 7.37. The Bertz CT molecular complexity index is 583. The maximum absolute atomic E-state index is 5.43. The second-order valence-electron chi connectivity index (χ2n) is 4.94. The molecule has 1 aromatic heterocycles. The molecule has 1 atom stereocenters. The van der Waals surface area contributed by atoms with Gasteiger partial charge in [-0.2, -0.15) is 0 Å². The van der Waals surface area contributed by atoms with Gasteiger partial charge in [-0.05, 0) is 72.3 Å². The molecule has 0 spiro atoms. The summed E-state index contributed by atoms with van der Waals surface area (Å²) in [6, 6.07) is 6.87. The van der Waals surface area contributed by atoms with Crippen LogP contribution in [0.3, 0.4) is 0 Å². The van der Waals surface area contributed by atoms with Crippen LogP contribution in [0.15, 0.2) is 18.2 Å². The second kappa shape index (κ2) is 5.10. The zero-order valence-corrected chi connectivity index (χ0v) is 13.3. The number of H-pyrrole nitrogens is 1. The summed E-state index contributed by atoms with van der Waals surface area (Å²) >= 11 is 7.75. The monoisotopic (exact) mass is 360 g/mol. The second-order valence-corrected chi connectivity index (χ2v) is 6.57. The summed E-state index contributed by atoms with van der Waals surface area (Å²) in [6.07, 6.45) is 1.15. The van der Waals surface area contributed by atoms with Gasteiger partial charge in [-0.3, -0.25) is 0 Å². The molecular weight excluding hydrogens is 343 g/mol. The SMILES string of the molecule is CC(C)CC(C)n1c(=S)[nH]c2cc(I)ccc21. The first-order chi connectivity index (χ1) is 7.99. The van der Waals surface area contributed by atoms with Crippen LogP contribution < -0.4 is 0 Å². The Morgan fingerprint density at radius 2 is 2.06 bits per heavy atom. The molecule has 2 aromatic rings. The fourth-order valence-electron chi connectivity index (χ4n) is 2.33. The minimum atomic E-state index is 0.441. The number of imidazole rings is 1. The van der Waals surface area contributed by atoms with Gasteiger partial charge in [0.05, 0.1) is 11.0 Å². The zero-order chi connectivity index (χ0) is 12.6. The molecule has 0 aliphatic carbocycles. The van der Waals surface area contributed by atoms with Gasteiger partial charge < -0.3 is 9.55 Å². The molecule has 1 aromatic carbocycles. The number of nitrogens with one attached hydrogen (secondary N) is 1. The molecule has 1 N–H and O–H groups in total. The highest BCUT2D eigenvalue weighted by molar-refractivity contribution is 14.1. The van der Waals surface area contributed by atoms with Crippen LogP contribution in [-0.2, 0) is 0 Å². The van der Waals surface area contributed by atoms with Crippen molar-refractivity contribution in [3.63, 3.8) is 0 Å². The van der Waals surface area contributed by atoms with E-state index in [4.69, 9.17) is 12.2 Å². The Labute approximate surface area is 121 Å². The number of rotatable bonds is 3. The lowest BCUT2D eigenvalue weighted by molar-refractivity contribution is 0.432. The van der Waals surface area contributed by atoms with Gasteiger partial charge in [0.2, 0.25) is 0 Å². The van der Waals surface area contributed by atoms with Crippen molar-refractivity contribution >= 4 is 45.8 Å². The van der Waals surface area contributed by atoms with E-state index in [1.807, 2.05) is 0 Å². The van der Waals surface area contributed by atoms with E-state index in [9.17, 15) is 0 Å². The van der Waals surface area contributed by atoms with E-state index in [1.165, 1.54) is 9.09 Å². The van der Waals surface area contributed by atoms with Gasteiger partial charge in [0.15, 0.2) is 4.77 Å². The summed E-state index contributed by atoms with van der Waals surface area (Å²) in [4.78, 5) is 3.30. The molecule has 0 saturated carbocycles. The molecule has 0 radical (unpaired) electrons. The number of nitrogens with zero attached hydrogens (tertiary/aromatic N) is 1.